The van der Waals surface area contributed by atoms with Crippen molar-refractivity contribution in [3.63, 3.8) is 0 Å². The quantitative estimate of drug-likeness (QED) is 0.446. The normalized spacial score (nSPS) is 11.4. The van der Waals surface area contributed by atoms with Gasteiger partial charge in [0, 0.05) is 16.3 Å². The maximum absolute atomic E-state index is 12.0. The number of hydrogen-bond donors (Lipinski definition) is 2. The van der Waals surface area contributed by atoms with Gasteiger partial charge in [0.15, 0.2) is 0 Å². The lowest BCUT2D eigenvalue weighted by Gasteiger charge is -2.29. The van der Waals surface area contributed by atoms with E-state index in [-0.39, 0.29) is 0 Å². The summed E-state index contributed by atoms with van der Waals surface area (Å²) < 4.78 is 5.23. The van der Waals surface area contributed by atoms with E-state index in [1.165, 1.54) is 11.8 Å². The van der Waals surface area contributed by atoms with Crippen molar-refractivity contribution in [2.75, 3.05) is 18.6 Å². The number of carbonyl (C=O) groups is 1. The van der Waals surface area contributed by atoms with Crippen molar-refractivity contribution in [2.45, 2.75) is 57.3 Å². The molecular formula is C18H29NO3S. The second kappa shape index (κ2) is 9.71. The van der Waals surface area contributed by atoms with Crippen LogP contribution in [0.5, 0.6) is 5.75 Å². The molecule has 0 aliphatic rings. The first kappa shape index (κ1) is 19.7. The highest BCUT2D eigenvalue weighted by Crippen LogP contribution is 2.39. The molecule has 0 amide bonds. The molecule has 0 aliphatic heterocycles. The average Bonchev–Trinajstić information content (AvgIpc) is 2.55. The molecule has 0 fully saturated rings. The van der Waals surface area contributed by atoms with Gasteiger partial charge in [-0.15, -0.1) is 11.8 Å². The third-order valence-corrected chi connectivity index (χ3v) is 5.56. The molecule has 0 spiro atoms. The molecule has 1 rings (SSSR count). The summed E-state index contributed by atoms with van der Waals surface area (Å²) >= 11 is 1.53. The summed E-state index contributed by atoms with van der Waals surface area (Å²) in [5, 5.41) is 9.86. The van der Waals surface area contributed by atoms with Crippen LogP contribution in [0.4, 0.5) is 5.69 Å². The minimum atomic E-state index is -0.687. The topological polar surface area (TPSA) is 72.5 Å². The van der Waals surface area contributed by atoms with Crippen LogP contribution in [0.2, 0.25) is 0 Å². The van der Waals surface area contributed by atoms with Crippen LogP contribution in [-0.4, -0.2) is 23.9 Å². The minimum absolute atomic E-state index is 0.541. The van der Waals surface area contributed by atoms with Gasteiger partial charge in [-0.25, -0.2) is 0 Å². The van der Waals surface area contributed by atoms with Gasteiger partial charge in [-0.1, -0.05) is 39.5 Å². The van der Waals surface area contributed by atoms with Gasteiger partial charge in [0.2, 0.25) is 0 Å². The average molecular weight is 340 g/mol. The zero-order valence-corrected chi connectivity index (χ0v) is 15.2. The second-order valence-electron chi connectivity index (χ2n) is 5.99. The molecule has 0 heterocycles. The van der Waals surface area contributed by atoms with E-state index < -0.39 is 11.4 Å². The van der Waals surface area contributed by atoms with Gasteiger partial charge in [-0.2, -0.15) is 0 Å². The Labute approximate surface area is 143 Å². The third-order valence-electron chi connectivity index (χ3n) is 4.20. The molecule has 0 aromatic heterocycles. The monoisotopic (exact) mass is 339 g/mol. The van der Waals surface area contributed by atoms with Gasteiger partial charge in [0.25, 0.3) is 0 Å². The maximum atomic E-state index is 12.0. The molecule has 1 aromatic rings. The van der Waals surface area contributed by atoms with Crippen LogP contribution < -0.4 is 10.5 Å². The fourth-order valence-electron chi connectivity index (χ4n) is 2.56. The number of methoxy groups -OCH3 is 1. The molecule has 0 aliphatic carbocycles. The van der Waals surface area contributed by atoms with Crippen LogP contribution in [0.25, 0.3) is 0 Å². The first-order valence-corrected chi connectivity index (χ1v) is 9.27. The zero-order chi connectivity index (χ0) is 17.3. The Morgan fingerprint density at radius 2 is 1.87 bits per heavy atom. The van der Waals surface area contributed by atoms with Crippen LogP contribution in [0.15, 0.2) is 23.1 Å². The number of carboxylic acids is 1. The summed E-state index contributed by atoms with van der Waals surface area (Å²) in [6, 6.07) is 5.51. The van der Waals surface area contributed by atoms with E-state index in [1.54, 1.807) is 7.11 Å². The number of anilines is 1. The number of aliphatic carboxylic acids is 1. The Balaban J connectivity index is 2.93. The lowest BCUT2D eigenvalue weighted by molar-refractivity contribution is -0.148. The molecule has 23 heavy (non-hydrogen) atoms. The molecule has 1 aromatic carbocycles. The fraction of sp³-hybridized carbons (Fsp3) is 0.611. The van der Waals surface area contributed by atoms with Gasteiger partial charge >= 0.3 is 5.97 Å². The van der Waals surface area contributed by atoms with Gasteiger partial charge < -0.3 is 15.6 Å². The number of nitrogens with two attached hydrogens (primary N) is 1. The van der Waals surface area contributed by atoms with Crippen LogP contribution in [0, 0.1) is 5.41 Å². The van der Waals surface area contributed by atoms with Crippen LogP contribution in [0.3, 0.4) is 0 Å². The molecule has 0 bridgehead atoms. The third kappa shape index (κ3) is 5.65. The fourth-order valence-corrected chi connectivity index (χ4v) is 3.84. The maximum Gasteiger partial charge on any atom is 0.310 e. The largest absolute Gasteiger partial charge is 0.497 e. The Bertz CT molecular complexity index is 497. The Hall–Kier alpha value is -1.36. The lowest BCUT2D eigenvalue weighted by atomic mass is 9.80. The first-order chi connectivity index (χ1) is 11.0. The van der Waals surface area contributed by atoms with Crippen molar-refractivity contribution in [3.05, 3.63) is 18.2 Å². The first-order valence-electron chi connectivity index (χ1n) is 8.28. The number of benzene rings is 1. The number of rotatable bonds is 11. The van der Waals surface area contributed by atoms with E-state index in [9.17, 15) is 9.90 Å². The van der Waals surface area contributed by atoms with E-state index in [0.29, 0.717) is 11.4 Å². The van der Waals surface area contributed by atoms with Gasteiger partial charge in [0.1, 0.15) is 5.75 Å². The lowest BCUT2D eigenvalue weighted by Crippen LogP contribution is -2.34. The Morgan fingerprint density at radius 1 is 1.26 bits per heavy atom. The molecule has 0 saturated heterocycles. The van der Waals surface area contributed by atoms with Crippen LogP contribution in [-0.2, 0) is 4.79 Å². The standard InChI is InChI=1S/C18H29NO3S/c1-4-6-10-18(17(20)21,11-7-5-2)13-23-16-12-14(22-3)8-9-15(16)19/h8-9,12H,4-7,10-11,13,19H2,1-3H3,(H,20,21). The molecule has 5 heteroatoms. The molecule has 0 unspecified atom stereocenters. The molecule has 0 saturated carbocycles. The second-order valence-corrected chi connectivity index (χ2v) is 7.00. The van der Waals surface area contributed by atoms with Gasteiger partial charge in [0.05, 0.1) is 12.5 Å². The predicted octanol–water partition coefficient (Wildman–Crippen LogP) is 4.82. The molecule has 0 radical (unpaired) electrons. The van der Waals surface area contributed by atoms with E-state index in [0.717, 1.165) is 49.2 Å². The van der Waals surface area contributed by atoms with Crippen molar-refractivity contribution in [3.8, 4) is 5.75 Å². The number of hydrogen-bond acceptors (Lipinski definition) is 4. The number of carboxylic acid groups (broad SMARTS) is 1. The molecule has 4 nitrogen and oxygen atoms in total. The summed E-state index contributed by atoms with van der Waals surface area (Å²) in [6.07, 6.45) is 5.32. The highest BCUT2D eigenvalue weighted by molar-refractivity contribution is 7.99. The van der Waals surface area contributed by atoms with Crippen LogP contribution >= 0.6 is 11.8 Å². The highest BCUT2D eigenvalue weighted by Gasteiger charge is 2.37. The molecule has 3 N–H and O–H groups in total. The van der Waals surface area contributed by atoms with Crippen molar-refractivity contribution in [1.29, 1.82) is 0 Å². The number of nitrogen functional groups attached to an aromatic ring is 1. The van der Waals surface area contributed by atoms with Crippen molar-refractivity contribution < 1.29 is 14.6 Å². The number of unbranched alkanes of at least 4 members (excludes halogenated alkanes) is 2. The number of ether oxygens (including phenoxy) is 1. The van der Waals surface area contributed by atoms with E-state index in [2.05, 4.69) is 13.8 Å². The van der Waals surface area contributed by atoms with Gasteiger partial charge in [-0.3, -0.25) is 4.79 Å². The summed E-state index contributed by atoms with van der Waals surface area (Å²) in [5.41, 5.74) is 6.02. The Morgan fingerprint density at radius 3 is 2.35 bits per heavy atom. The smallest absolute Gasteiger partial charge is 0.310 e. The molecule has 130 valence electrons. The summed E-state index contributed by atoms with van der Waals surface area (Å²) in [6.45, 7) is 4.19. The predicted molar refractivity (Wildman–Crippen MR) is 97.2 cm³/mol. The van der Waals surface area contributed by atoms with Crippen molar-refractivity contribution in [2.24, 2.45) is 5.41 Å². The minimum Gasteiger partial charge on any atom is -0.497 e. The van der Waals surface area contributed by atoms with Crippen LogP contribution in [0.1, 0.15) is 52.4 Å². The SMILES string of the molecule is CCCCC(CCCC)(CSc1cc(OC)ccc1N)C(=O)O. The molecular weight excluding hydrogens is 310 g/mol. The zero-order valence-electron chi connectivity index (χ0n) is 14.4. The van der Waals surface area contributed by atoms with E-state index in [1.807, 2.05) is 18.2 Å². The van der Waals surface area contributed by atoms with Crippen molar-refractivity contribution in [1.82, 2.24) is 0 Å². The summed E-state index contributed by atoms with van der Waals surface area (Å²) in [7, 11) is 1.62. The van der Waals surface area contributed by atoms with E-state index in [4.69, 9.17) is 10.5 Å². The van der Waals surface area contributed by atoms with E-state index >= 15 is 0 Å². The number of thioether (sulfide) groups is 1. The highest BCUT2D eigenvalue weighted by atomic mass is 32.2. The van der Waals surface area contributed by atoms with Crippen molar-refractivity contribution >= 4 is 23.4 Å². The van der Waals surface area contributed by atoms with Gasteiger partial charge in [-0.05, 0) is 31.0 Å². The molecule has 0 atom stereocenters. The summed E-state index contributed by atoms with van der Waals surface area (Å²) in [5.74, 6) is 0.595. The Kier molecular flexibility index (Phi) is 8.31. The summed E-state index contributed by atoms with van der Waals surface area (Å²) in [4.78, 5) is 12.9.